The molecular formula is C8H11N5. The molecule has 0 fully saturated rings. The Bertz CT molecular complexity index is 341. The third kappa shape index (κ3) is 2.07. The summed E-state index contributed by atoms with van der Waals surface area (Å²) in [4.78, 5) is 3.85. The van der Waals surface area contributed by atoms with E-state index >= 15 is 0 Å². The second-order valence-corrected chi connectivity index (χ2v) is 2.71. The Hall–Kier alpha value is -1.80. The van der Waals surface area contributed by atoms with Crippen LogP contribution in [0.5, 0.6) is 0 Å². The molecular weight excluding hydrogens is 166 g/mol. The van der Waals surface area contributed by atoms with E-state index in [9.17, 15) is 0 Å². The van der Waals surface area contributed by atoms with Gasteiger partial charge in [0.05, 0.1) is 18.2 Å². The molecule has 1 unspecified atom stereocenters. The highest BCUT2D eigenvalue weighted by Crippen LogP contribution is 2.18. The third-order valence-corrected chi connectivity index (χ3v) is 1.71. The first-order chi connectivity index (χ1) is 6.15. The van der Waals surface area contributed by atoms with E-state index in [1.807, 2.05) is 6.07 Å². The molecule has 0 aliphatic carbocycles. The zero-order chi connectivity index (χ0) is 9.84. The van der Waals surface area contributed by atoms with Crippen molar-refractivity contribution in [1.29, 1.82) is 5.26 Å². The predicted octanol–water partition coefficient (Wildman–Crippen LogP) is 0.159. The summed E-state index contributed by atoms with van der Waals surface area (Å²) >= 11 is 0. The maximum atomic E-state index is 8.42. The topological polar surface area (TPSA) is 115 Å². The molecule has 0 aliphatic heterocycles. The van der Waals surface area contributed by atoms with E-state index < -0.39 is 0 Å². The van der Waals surface area contributed by atoms with Crippen LogP contribution in [0.15, 0.2) is 12.3 Å². The Kier molecular flexibility index (Phi) is 2.67. The lowest BCUT2D eigenvalue weighted by Gasteiger charge is -2.08. The summed E-state index contributed by atoms with van der Waals surface area (Å²) in [7, 11) is 0. The Morgan fingerprint density at radius 1 is 1.54 bits per heavy atom. The molecule has 1 aromatic heterocycles. The summed E-state index contributed by atoms with van der Waals surface area (Å²) in [6.45, 7) is 0. The van der Waals surface area contributed by atoms with Gasteiger partial charge in [0.15, 0.2) is 0 Å². The normalized spacial score (nSPS) is 12.0. The van der Waals surface area contributed by atoms with Crippen molar-refractivity contribution in [3.8, 4) is 6.07 Å². The molecule has 0 radical (unpaired) electrons. The van der Waals surface area contributed by atoms with Crippen molar-refractivity contribution >= 4 is 11.5 Å². The number of anilines is 2. The van der Waals surface area contributed by atoms with Gasteiger partial charge < -0.3 is 17.2 Å². The number of nitrogen functional groups attached to an aromatic ring is 2. The monoisotopic (exact) mass is 177 g/mol. The number of pyridine rings is 1. The molecule has 6 N–H and O–H groups in total. The van der Waals surface area contributed by atoms with Crippen molar-refractivity contribution in [2.24, 2.45) is 5.73 Å². The molecule has 13 heavy (non-hydrogen) atoms. The van der Waals surface area contributed by atoms with Crippen LogP contribution in [-0.2, 0) is 0 Å². The van der Waals surface area contributed by atoms with Crippen molar-refractivity contribution in [3.05, 3.63) is 17.8 Å². The minimum absolute atomic E-state index is 0.241. The second kappa shape index (κ2) is 3.74. The summed E-state index contributed by atoms with van der Waals surface area (Å²) < 4.78 is 0. The highest BCUT2D eigenvalue weighted by atomic mass is 14.9. The van der Waals surface area contributed by atoms with E-state index in [1.54, 1.807) is 6.07 Å². The van der Waals surface area contributed by atoms with Crippen molar-refractivity contribution in [2.75, 3.05) is 11.5 Å². The van der Waals surface area contributed by atoms with E-state index in [4.69, 9.17) is 22.5 Å². The minimum atomic E-state index is -0.347. The van der Waals surface area contributed by atoms with Gasteiger partial charge in [0.1, 0.15) is 5.82 Å². The highest BCUT2D eigenvalue weighted by Gasteiger charge is 2.07. The van der Waals surface area contributed by atoms with Gasteiger partial charge in [0.25, 0.3) is 0 Å². The summed E-state index contributed by atoms with van der Waals surface area (Å²) in [6.07, 6.45) is 1.78. The van der Waals surface area contributed by atoms with Gasteiger partial charge >= 0.3 is 0 Å². The van der Waals surface area contributed by atoms with Crippen LogP contribution in [0.2, 0.25) is 0 Å². The fraction of sp³-hybridized carbons (Fsp3) is 0.250. The van der Waals surface area contributed by atoms with Gasteiger partial charge in [-0.05, 0) is 11.6 Å². The summed E-state index contributed by atoms with van der Waals surface area (Å²) in [5.41, 5.74) is 17.7. The highest BCUT2D eigenvalue weighted by molar-refractivity contribution is 5.58. The number of nitrogens with two attached hydrogens (primary N) is 3. The molecule has 0 saturated carbocycles. The first kappa shape index (κ1) is 9.29. The minimum Gasteiger partial charge on any atom is -0.396 e. The molecule has 68 valence electrons. The second-order valence-electron chi connectivity index (χ2n) is 2.71. The van der Waals surface area contributed by atoms with Gasteiger partial charge in [-0.2, -0.15) is 5.26 Å². The summed E-state index contributed by atoms with van der Waals surface area (Å²) in [6, 6.07) is 3.27. The quantitative estimate of drug-likeness (QED) is 0.595. The SMILES string of the molecule is N#CCC(N)c1cnc(N)c(N)c1. The third-order valence-electron chi connectivity index (χ3n) is 1.71. The van der Waals surface area contributed by atoms with Crippen LogP contribution in [0.3, 0.4) is 0 Å². The van der Waals surface area contributed by atoms with Crippen LogP contribution in [-0.4, -0.2) is 4.98 Å². The molecule has 1 aromatic rings. The molecule has 5 nitrogen and oxygen atoms in total. The van der Waals surface area contributed by atoms with E-state index in [1.165, 1.54) is 6.20 Å². The average molecular weight is 177 g/mol. The fourth-order valence-electron chi connectivity index (χ4n) is 0.928. The van der Waals surface area contributed by atoms with Gasteiger partial charge in [-0.1, -0.05) is 0 Å². The lowest BCUT2D eigenvalue weighted by atomic mass is 10.1. The number of nitrogens with zero attached hydrogens (tertiary/aromatic N) is 2. The van der Waals surface area contributed by atoms with Crippen molar-refractivity contribution in [3.63, 3.8) is 0 Å². The Labute approximate surface area is 76.2 Å². The molecule has 5 heteroatoms. The first-order valence-electron chi connectivity index (χ1n) is 3.78. The molecule has 1 atom stereocenters. The predicted molar refractivity (Wildman–Crippen MR) is 50.2 cm³/mol. The summed E-state index contributed by atoms with van der Waals surface area (Å²) in [5.74, 6) is 0.285. The Balaban J connectivity index is 2.91. The zero-order valence-corrected chi connectivity index (χ0v) is 7.07. The average Bonchev–Trinajstić information content (AvgIpc) is 2.10. The first-order valence-corrected chi connectivity index (χ1v) is 3.78. The van der Waals surface area contributed by atoms with Crippen LogP contribution < -0.4 is 17.2 Å². The van der Waals surface area contributed by atoms with Crippen LogP contribution in [0.25, 0.3) is 0 Å². The van der Waals surface area contributed by atoms with Crippen molar-refractivity contribution < 1.29 is 0 Å². The lowest BCUT2D eigenvalue weighted by molar-refractivity contribution is 0.745. The van der Waals surface area contributed by atoms with Crippen LogP contribution in [0, 0.1) is 11.3 Å². The molecule has 0 aliphatic rings. The van der Waals surface area contributed by atoms with Crippen molar-refractivity contribution in [1.82, 2.24) is 4.98 Å². The largest absolute Gasteiger partial charge is 0.396 e. The van der Waals surface area contributed by atoms with Crippen molar-refractivity contribution in [2.45, 2.75) is 12.5 Å². The number of rotatable bonds is 2. The molecule has 0 amide bonds. The molecule has 0 aromatic carbocycles. The van der Waals surface area contributed by atoms with Gasteiger partial charge in [0, 0.05) is 12.2 Å². The van der Waals surface area contributed by atoms with Gasteiger partial charge in [0.2, 0.25) is 0 Å². The van der Waals surface area contributed by atoms with Crippen LogP contribution in [0.1, 0.15) is 18.0 Å². The van der Waals surface area contributed by atoms with E-state index in [0.717, 1.165) is 5.56 Å². The number of hydrogen-bond donors (Lipinski definition) is 3. The van der Waals surface area contributed by atoms with Gasteiger partial charge in [-0.3, -0.25) is 0 Å². The fourth-order valence-corrected chi connectivity index (χ4v) is 0.928. The number of hydrogen-bond acceptors (Lipinski definition) is 5. The maximum Gasteiger partial charge on any atom is 0.146 e. The van der Waals surface area contributed by atoms with E-state index in [0.29, 0.717) is 5.69 Å². The standard InChI is InChI=1S/C8H11N5/c9-2-1-6(10)5-3-7(11)8(12)13-4-5/h3-4,6H,1,10-11H2,(H2,12,13). The molecule has 0 bridgehead atoms. The molecule has 1 rings (SSSR count). The van der Waals surface area contributed by atoms with Gasteiger partial charge in [-0.15, -0.1) is 0 Å². The van der Waals surface area contributed by atoms with Crippen LogP contribution >= 0.6 is 0 Å². The summed E-state index contributed by atoms with van der Waals surface area (Å²) in [5, 5.41) is 8.42. The Morgan fingerprint density at radius 3 is 2.77 bits per heavy atom. The van der Waals surface area contributed by atoms with Crippen LogP contribution in [0.4, 0.5) is 11.5 Å². The molecule has 1 heterocycles. The maximum absolute atomic E-state index is 8.42. The number of nitriles is 1. The number of aromatic nitrogens is 1. The molecule has 0 spiro atoms. The lowest BCUT2D eigenvalue weighted by Crippen LogP contribution is -2.11. The van der Waals surface area contributed by atoms with E-state index in [2.05, 4.69) is 4.98 Å². The smallest absolute Gasteiger partial charge is 0.146 e. The van der Waals surface area contributed by atoms with E-state index in [-0.39, 0.29) is 18.3 Å². The molecule has 0 saturated heterocycles. The zero-order valence-electron chi connectivity index (χ0n) is 7.07. The Morgan fingerprint density at radius 2 is 2.23 bits per heavy atom. The van der Waals surface area contributed by atoms with Gasteiger partial charge in [-0.25, -0.2) is 4.98 Å².